The van der Waals surface area contributed by atoms with Crippen molar-refractivity contribution < 1.29 is 28.7 Å². The SMILES string of the molecule is CCCCCCCCCCCCCCCCCCNC(=O)N[C@@H](CCCN/C(=N/C(=O)OC(C)(C)C)NC(=O)OC(C)(C)C)C(=O)NCCCCCCCCCCCC. The molecule has 346 valence electrons. The van der Waals surface area contributed by atoms with Crippen LogP contribution >= 0.6 is 0 Å². The van der Waals surface area contributed by atoms with Crippen molar-refractivity contribution in [2.75, 3.05) is 19.6 Å². The lowest BCUT2D eigenvalue weighted by atomic mass is 10.0. The highest BCUT2D eigenvalue weighted by molar-refractivity contribution is 5.98. The number of carbonyl (C=O) groups is 4. The molecule has 12 nitrogen and oxygen atoms in total. The number of ether oxygens (including phenoxy) is 2. The van der Waals surface area contributed by atoms with Crippen LogP contribution in [0.25, 0.3) is 0 Å². The van der Waals surface area contributed by atoms with Crippen LogP contribution in [0.1, 0.15) is 235 Å². The van der Waals surface area contributed by atoms with Gasteiger partial charge in [-0.25, -0.2) is 14.4 Å². The molecule has 0 aromatic rings. The number of hydrogen-bond acceptors (Lipinski definition) is 6. The summed E-state index contributed by atoms with van der Waals surface area (Å²) >= 11 is 0. The van der Waals surface area contributed by atoms with Gasteiger partial charge in [0, 0.05) is 19.6 Å². The normalized spacial score (nSPS) is 12.4. The van der Waals surface area contributed by atoms with Gasteiger partial charge in [-0.3, -0.25) is 10.1 Å². The molecular weight excluding hydrogens is 745 g/mol. The van der Waals surface area contributed by atoms with Crippen molar-refractivity contribution in [2.45, 2.75) is 252 Å². The number of urea groups is 1. The molecule has 59 heavy (non-hydrogen) atoms. The topological polar surface area (TPSA) is 159 Å². The summed E-state index contributed by atoms with van der Waals surface area (Å²) in [6.45, 7) is 16.2. The molecule has 0 aliphatic rings. The lowest BCUT2D eigenvalue weighted by molar-refractivity contribution is -0.123. The van der Waals surface area contributed by atoms with E-state index in [0.29, 0.717) is 25.9 Å². The number of rotatable bonds is 34. The second-order valence-corrected chi connectivity index (χ2v) is 18.4. The van der Waals surface area contributed by atoms with Gasteiger partial charge in [0.15, 0.2) is 0 Å². The summed E-state index contributed by atoms with van der Waals surface area (Å²) in [4.78, 5) is 55.1. The zero-order valence-electron chi connectivity index (χ0n) is 39.4. The number of nitrogens with one attached hydrogen (secondary N) is 5. The van der Waals surface area contributed by atoms with Gasteiger partial charge < -0.3 is 30.7 Å². The van der Waals surface area contributed by atoms with Gasteiger partial charge in [0.1, 0.15) is 17.2 Å². The molecule has 0 radical (unpaired) electrons. The zero-order chi connectivity index (χ0) is 44.0. The molecule has 0 aliphatic heterocycles. The number of alkyl carbamates (subject to hydrolysis) is 1. The van der Waals surface area contributed by atoms with Crippen molar-refractivity contribution in [1.82, 2.24) is 26.6 Å². The molecule has 1 atom stereocenters. The highest BCUT2D eigenvalue weighted by Crippen LogP contribution is 2.15. The van der Waals surface area contributed by atoms with Gasteiger partial charge in [0.2, 0.25) is 11.9 Å². The first-order valence-corrected chi connectivity index (χ1v) is 24.0. The molecule has 0 fully saturated rings. The third-order valence-corrected chi connectivity index (χ3v) is 9.95. The fraction of sp³-hybridized carbons (Fsp3) is 0.894. The van der Waals surface area contributed by atoms with Crippen molar-refractivity contribution in [3.63, 3.8) is 0 Å². The van der Waals surface area contributed by atoms with E-state index in [1.54, 1.807) is 41.5 Å². The van der Waals surface area contributed by atoms with Crippen molar-refractivity contribution in [3.05, 3.63) is 0 Å². The lowest BCUT2D eigenvalue weighted by Gasteiger charge is -2.21. The maximum Gasteiger partial charge on any atom is 0.437 e. The Morgan fingerprint density at radius 1 is 0.475 bits per heavy atom. The summed E-state index contributed by atoms with van der Waals surface area (Å²) in [5.41, 5.74) is -1.53. The summed E-state index contributed by atoms with van der Waals surface area (Å²) in [6, 6.07) is -1.12. The van der Waals surface area contributed by atoms with E-state index in [-0.39, 0.29) is 24.4 Å². The standard InChI is InChI=1S/C47H92N6O6/c1-9-11-13-15-17-19-21-22-23-24-25-26-28-30-32-34-38-50-43(55)51-40(41(54)48-37-33-31-29-27-20-18-16-14-12-10-2)36-35-39-49-42(52-44(56)58-46(3,4)5)53-45(57)59-47(6,7)8/h40H,9-39H2,1-8H3,(H,48,54)(H2,50,51,55)(H2,49,52,53,56,57)/t40-/m0/s1. The van der Waals surface area contributed by atoms with Crippen molar-refractivity contribution in [2.24, 2.45) is 4.99 Å². The average molecular weight is 837 g/mol. The second kappa shape index (κ2) is 36.8. The van der Waals surface area contributed by atoms with E-state index in [9.17, 15) is 19.2 Å². The van der Waals surface area contributed by atoms with Crippen LogP contribution in [-0.4, -0.2) is 67.0 Å². The number of nitrogens with zero attached hydrogens (tertiary/aromatic N) is 1. The van der Waals surface area contributed by atoms with E-state index in [4.69, 9.17) is 9.47 Å². The molecule has 0 bridgehead atoms. The van der Waals surface area contributed by atoms with E-state index in [2.05, 4.69) is 45.4 Å². The summed E-state index contributed by atoms with van der Waals surface area (Å²) in [5.74, 6) is -0.354. The quantitative estimate of drug-likeness (QED) is 0.0245. The molecule has 5 N–H and O–H groups in total. The molecule has 0 saturated heterocycles. The maximum atomic E-state index is 13.3. The first kappa shape index (κ1) is 55.9. The molecule has 0 unspecified atom stereocenters. The minimum atomic E-state index is -0.872. The Hall–Kier alpha value is -3.05. The van der Waals surface area contributed by atoms with Crippen LogP contribution in [-0.2, 0) is 14.3 Å². The van der Waals surface area contributed by atoms with Crippen LogP contribution in [0.3, 0.4) is 0 Å². The maximum absolute atomic E-state index is 13.3. The van der Waals surface area contributed by atoms with Gasteiger partial charge in [0.25, 0.3) is 0 Å². The molecular formula is C47H92N6O6. The number of guanidine groups is 1. The molecule has 0 aliphatic carbocycles. The van der Waals surface area contributed by atoms with Crippen LogP contribution in [0.5, 0.6) is 0 Å². The van der Waals surface area contributed by atoms with Gasteiger partial charge in [-0.05, 0) is 67.2 Å². The number of aliphatic imine (C=N–C) groups is 1. The van der Waals surface area contributed by atoms with Gasteiger partial charge in [0.05, 0.1) is 0 Å². The van der Waals surface area contributed by atoms with Gasteiger partial charge in [-0.15, -0.1) is 4.99 Å². The van der Waals surface area contributed by atoms with Crippen LogP contribution in [0.4, 0.5) is 14.4 Å². The third-order valence-electron chi connectivity index (χ3n) is 9.95. The molecule has 0 aromatic carbocycles. The lowest BCUT2D eigenvalue weighted by Crippen LogP contribution is -2.50. The summed E-state index contributed by atoms with van der Waals surface area (Å²) in [5, 5.41) is 14.3. The van der Waals surface area contributed by atoms with E-state index in [0.717, 1.165) is 32.1 Å². The first-order chi connectivity index (χ1) is 28.2. The Morgan fingerprint density at radius 2 is 0.847 bits per heavy atom. The largest absolute Gasteiger partial charge is 0.444 e. The van der Waals surface area contributed by atoms with Crippen molar-refractivity contribution >= 4 is 30.1 Å². The molecule has 0 saturated carbocycles. The fourth-order valence-corrected chi connectivity index (χ4v) is 6.70. The Balaban J connectivity index is 4.85. The smallest absolute Gasteiger partial charge is 0.437 e. The second-order valence-electron chi connectivity index (χ2n) is 18.4. The van der Waals surface area contributed by atoms with Crippen LogP contribution in [0, 0.1) is 0 Å². The molecule has 0 spiro atoms. The summed E-state index contributed by atoms with van der Waals surface area (Å²) in [7, 11) is 0. The number of unbranched alkanes of at least 4 members (excludes halogenated alkanes) is 24. The van der Waals surface area contributed by atoms with Gasteiger partial charge >= 0.3 is 18.2 Å². The van der Waals surface area contributed by atoms with Crippen LogP contribution in [0.15, 0.2) is 4.99 Å². The number of amides is 5. The Labute approximate surface area is 361 Å². The Bertz CT molecular complexity index is 1100. The van der Waals surface area contributed by atoms with E-state index >= 15 is 0 Å². The molecule has 5 amide bonds. The van der Waals surface area contributed by atoms with Crippen molar-refractivity contribution in [1.29, 1.82) is 0 Å². The van der Waals surface area contributed by atoms with E-state index in [1.165, 1.54) is 135 Å². The summed E-state index contributed by atoms with van der Waals surface area (Å²) in [6.07, 6.45) is 31.9. The Morgan fingerprint density at radius 3 is 1.25 bits per heavy atom. The van der Waals surface area contributed by atoms with Crippen LogP contribution in [0.2, 0.25) is 0 Å². The highest BCUT2D eigenvalue weighted by Gasteiger charge is 2.22. The van der Waals surface area contributed by atoms with E-state index < -0.39 is 29.4 Å². The monoisotopic (exact) mass is 837 g/mol. The zero-order valence-corrected chi connectivity index (χ0v) is 39.4. The molecule has 0 heterocycles. The van der Waals surface area contributed by atoms with Crippen LogP contribution < -0.4 is 26.6 Å². The molecule has 12 heteroatoms. The highest BCUT2D eigenvalue weighted by atomic mass is 16.6. The van der Waals surface area contributed by atoms with Gasteiger partial charge in [-0.2, -0.15) is 0 Å². The Kier molecular flexibility index (Phi) is 34.9. The predicted octanol–water partition coefficient (Wildman–Crippen LogP) is 12.1. The molecule has 0 aromatic heterocycles. The van der Waals surface area contributed by atoms with Crippen molar-refractivity contribution in [3.8, 4) is 0 Å². The number of carbonyl (C=O) groups excluding carboxylic acids is 4. The summed E-state index contributed by atoms with van der Waals surface area (Å²) < 4.78 is 10.6. The van der Waals surface area contributed by atoms with E-state index in [1.807, 2.05) is 0 Å². The third kappa shape index (κ3) is 40.1. The minimum absolute atomic E-state index is 0.125. The predicted molar refractivity (Wildman–Crippen MR) is 245 cm³/mol. The van der Waals surface area contributed by atoms with Gasteiger partial charge in [-0.1, -0.05) is 168 Å². The fourth-order valence-electron chi connectivity index (χ4n) is 6.70. The average Bonchev–Trinajstić information content (AvgIpc) is 3.14. The minimum Gasteiger partial charge on any atom is -0.444 e. The first-order valence-electron chi connectivity index (χ1n) is 24.0. The number of hydrogen-bond donors (Lipinski definition) is 5. The molecule has 0 rings (SSSR count).